The lowest BCUT2D eigenvalue weighted by molar-refractivity contribution is -0.126. The number of carbonyl (C=O) groups excluding carboxylic acids is 1. The van der Waals surface area contributed by atoms with Gasteiger partial charge in [0.2, 0.25) is 11.8 Å². The number of hydrogen-bond donors (Lipinski definition) is 1. The second kappa shape index (κ2) is 16.1. The Morgan fingerprint density at radius 1 is 1.02 bits per heavy atom. The summed E-state index contributed by atoms with van der Waals surface area (Å²) < 4.78 is 42.6. The molecule has 1 fully saturated rings. The van der Waals surface area contributed by atoms with E-state index >= 15 is 4.39 Å². The van der Waals surface area contributed by atoms with Crippen molar-refractivity contribution in [3.05, 3.63) is 129 Å². The molecule has 4 heterocycles. The Balaban J connectivity index is 1.32. The number of benzene rings is 3. The Kier molecular flexibility index (Phi) is 11.3. The number of piperidine rings is 1. The maximum Gasteiger partial charge on any atom is 0.332 e. The molecular formula is C42H45FN4O7SSi. The number of aryl methyl sites for hydroxylation is 1. The Bertz CT molecular complexity index is 2400. The van der Waals surface area contributed by atoms with Crippen LogP contribution in [-0.2, 0) is 20.5 Å². The van der Waals surface area contributed by atoms with Gasteiger partial charge in [-0.25, -0.2) is 18.7 Å². The van der Waals surface area contributed by atoms with E-state index in [0.29, 0.717) is 51.9 Å². The fourth-order valence-corrected chi connectivity index (χ4v) is 13.6. The van der Waals surface area contributed by atoms with E-state index in [9.17, 15) is 14.4 Å². The van der Waals surface area contributed by atoms with Crippen LogP contribution in [0, 0.1) is 12.7 Å². The van der Waals surface area contributed by atoms with Crippen LogP contribution in [-0.4, -0.2) is 55.2 Å². The standard InChI is InChI=1S/C42H45FN4O7SSi/c1-27-35-39(49)47(32-17-12-20-44-37(32)48)41(50)46(40(35)55-36(27)38-45-21-22-53-38)26-34(31-25-28(43)18-19-33(31)51-5)52-23-24-54-56(42(2,3)4,29-13-8-6-9-14-29)30-15-10-7-11-16-30/h6-11,13-16,18-19,21-22,25,32,34H,12,17,20,23-24,26H2,1-5H3,(H,44,48)/t32?,34-/m0/s1. The maximum atomic E-state index is 15.1. The Morgan fingerprint density at radius 3 is 2.32 bits per heavy atom. The first-order valence-electron chi connectivity index (χ1n) is 18.6. The van der Waals surface area contributed by atoms with Gasteiger partial charge in [-0.05, 0) is 58.9 Å². The lowest BCUT2D eigenvalue weighted by atomic mass is 10.1. The minimum absolute atomic E-state index is 0.0719. The van der Waals surface area contributed by atoms with Gasteiger partial charge < -0.3 is 23.6 Å². The Hall–Kier alpha value is -5.15. The number of methoxy groups -OCH3 is 1. The van der Waals surface area contributed by atoms with Gasteiger partial charge in [0.15, 0.2) is 0 Å². The molecule has 1 aliphatic heterocycles. The van der Waals surface area contributed by atoms with Crippen molar-refractivity contribution >= 4 is 46.2 Å². The van der Waals surface area contributed by atoms with Crippen LogP contribution in [0.2, 0.25) is 5.04 Å². The molecule has 292 valence electrons. The monoisotopic (exact) mass is 796 g/mol. The van der Waals surface area contributed by atoms with Crippen molar-refractivity contribution < 1.29 is 27.5 Å². The zero-order valence-electron chi connectivity index (χ0n) is 32.0. The number of hydrogen-bond acceptors (Lipinski definition) is 9. The number of ether oxygens (including phenoxy) is 2. The third-order valence-corrected chi connectivity index (χ3v) is 16.8. The van der Waals surface area contributed by atoms with Crippen molar-refractivity contribution in [2.45, 2.75) is 64.3 Å². The summed E-state index contributed by atoms with van der Waals surface area (Å²) in [5.41, 5.74) is -0.324. The molecule has 0 radical (unpaired) electrons. The number of amides is 1. The van der Waals surface area contributed by atoms with Gasteiger partial charge in [0, 0.05) is 12.1 Å². The fraction of sp³-hybridized carbons (Fsp3) is 0.333. The number of nitrogens with zero attached hydrogens (tertiary/aromatic N) is 3. The van der Waals surface area contributed by atoms with Crippen molar-refractivity contribution in [3.63, 3.8) is 0 Å². The summed E-state index contributed by atoms with van der Waals surface area (Å²) in [5.74, 6) is -0.264. The number of rotatable bonds is 13. The minimum Gasteiger partial charge on any atom is -0.496 e. The molecule has 7 rings (SSSR count). The third kappa shape index (κ3) is 7.17. The largest absolute Gasteiger partial charge is 0.496 e. The number of thiophene rings is 1. The summed E-state index contributed by atoms with van der Waals surface area (Å²) in [7, 11) is -1.44. The van der Waals surface area contributed by atoms with Gasteiger partial charge in [-0.1, -0.05) is 81.4 Å². The quantitative estimate of drug-likeness (QED) is 0.110. The number of carbonyl (C=O) groups is 1. The number of fused-ring (bicyclic) bond motifs is 1. The molecule has 1 N–H and O–H groups in total. The lowest BCUT2D eigenvalue weighted by Gasteiger charge is -2.43. The normalized spacial score (nSPS) is 15.5. The van der Waals surface area contributed by atoms with Crippen molar-refractivity contribution in [1.82, 2.24) is 19.4 Å². The van der Waals surface area contributed by atoms with Crippen molar-refractivity contribution in [1.29, 1.82) is 0 Å². The van der Waals surface area contributed by atoms with Gasteiger partial charge in [0.25, 0.3) is 13.9 Å². The molecule has 1 unspecified atom stereocenters. The molecule has 56 heavy (non-hydrogen) atoms. The maximum absolute atomic E-state index is 15.1. The van der Waals surface area contributed by atoms with E-state index in [1.165, 1.54) is 53.7 Å². The van der Waals surface area contributed by atoms with Gasteiger partial charge in [-0.3, -0.25) is 14.2 Å². The van der Waals surface area contributed by atoms with E-state index in [0.717, 1.165) is 14.9 Å². The van der Waals surface area contributed by atoms with E-state index in [-0.39, 0.29) is 30.2 Å². The van der Waals surface area contributed by atoms with Gasteiger partial charge in [-0.15, -0.1) is 11.3 Å². The molecular weight excluding hydrogens is 752 g/mol. The van der Waals surface area contributed by atoms with Crippen molar-refractivity contribution in [3.8, 4) is 16.5 Å². The van der Waals surface area contributed by atoms with Gasteiger partial charge in [-0.2, -0.15) is 0 Å². The predicted octanol–water partition coefficient (Wildman–Crippen LogP) is 6.12. The number of aromatic nitrogens is 3. The molecule has 2 atom stereocenters. The highest BCUT2D eigenvalue weighted by Crippen LogP contribution is 2.39. The SMILES string of the molecule is COc1ccc(F)cc1[C@H](Cn1c(=O)n(C2CCCNC2=O)c(=O)c2c(C)c(-c3ncco3)sc21)OCCO[Si](c1ccccc1)(c1ccccc1)C(C)(C)C. The van der Waals surface area contributed by atoms with E-state index in [4.69, 9.17) is 18.3 Å². The van der Waals surface area contributed by atoms with E-state index in [1.807, 2.05) is 36.4 Å². The first-order valence-corrected chi connectivity index (χ1v) is 21.3. The van der Waals surface area contributed by atoms with Crippen LogP contribution < -0.4 is 31.7 Å². The smallest absolute Gasteiger partial charge is 0.332 e. The van der Waals surface area contributed by atoms with Crippen LogP contribution in [0.1, 0.15) is 56.9 Å². The zero-order chi connectivity index (χ0) is 39.6. The third-order valence-electron chi connectivity index (χ3n) is 10.5. The predicted molar refractivity (Wildman–Crippen MR) is 217 cm³/mol. The first kappa shape index (κ1) is 39.1. The molecule has 0 spiro atoms. The summed E-state index contributed by atoms with van der Waals surface area (Å²) in [5, 5.41) is 5.01. The molecule has 0 saturated carbocycles. The first-order chi connectivity index (χ1) is 27.0. The summed E-state index contributed by atoms with van der Waals surface area (Å²) in [6.07, 6.45) is 2.90. The van der Waals surface area contributed by atoms with Crippen LogP contribution in [0.5, 0.6) is 5.75 Å². The molecule has 0 bridgehead atoms. The van der Waals surface area contributed by atoms with Crippen molar-refractivity contribution in [2.24, 2.45) is 0 Å². The lowest BCUT2D eigenvalue weighted by Crippen LogP contribution is -2.66. The van der Waals surface area contributed by atoms with Gasteiger partial charge in [0.05, 0.1) is 43.3 Å². The van der Waals surface area contributed by atoms with E-state index in [1.54, 1.807) is 6.92 Å². The summed E-state index contributed by atoms with van der Waals surface area (Å²) in [4.78, 5) is 47.4. The van der Waals surface area contributed by atoms with Gasteiger partial charge >= 0.3 is 5.69 Å². The van der Waals surface area contributed by atoms with E-state index in [2.05, 4.69) is 55.3 Å². The fourth-order valence-electron chi connectivity index (χ4n) is 7.85. The molecule has 11 nitrogen and oxygen atoms in total. The molecule has 1 aliphatic rings. The Morgan fingerprint density at radius 2 is 1.71 bits per heavy atom. The van der Waals surface area contributed by atoms with Crippen LogP contribution in [0.3, 0.4) is 0 Å². The molecule has 6 aromatic rings. The summed E-state index contributed by atoms with van der Waals surface area (Å²) in [6.45, 7) is 8.90. The molecule has 3 aromatic heterocycles. The van der Waals surface area contributed by atoms with E-state index < -0.39 is 43.4 Å². The van der Waals surface area contributed by atoms with Crippen LogP contribution in [0.25, 0.3) is 21.0 Å². The molecule has 14 heteroatoms. The van der Waals surface area contributed by atoms with Crippen molar-refractivity contribution in [2.75, 3.05) is 26.9 Å². The number of halogens is 1. The molecule has 1 amide bonds. The number of oxazole rings is 1. The van der Waals surface area contributed by atoms with Crippen LogP contribution in [0.4, 0.5) is 4.39 Å². The topological polar surface area (TPSA) is 127 Å². The molecule has 1 saturated heterocycles. The van der Waals surface area contributed by atoms with Crippen LogP contribution in [0.15, 0.2) is 105 Å². The summed E-state index contributed by atoms with van der Waals surface area (Å²) in [6, 6.07) is 23.6. The Labute approximate surface area is 328 Å². The molecule has 3 aromatic carbocycles. The average Bonchev–Trinajstić information content (AvgIpc) is 3.85. The zero-order valence-corrected chi connectivity index (χ0v) is 33.9. The highest BCUT2D eigenvalue weighted by molar-refractivity contribution is 7.22. The highest BCUT2D eigenvalue weighted by atomic mass is 32.1. The average molecular weight is 797 g/mol. The minimum atomic E-state index is -2.93. The second-order valence-corrected chi connectivity index (χ2v) is 20.2. The second-order valence-electron chi connectivity index (χ2n) is 14.8. The number of nitrogens with one attached hydrogen (secondary N) is 1. The highest BCUT2D eigenvalue weighted by Gasteiger charge is 2.50. The summed E-state index contributed by atoms with van der Waals surface area (Å²) >= 11 is 1.19. The van der Waals surface area contributed by atoms with Crippen LogP contribution >= 0.6 is 11.3 Å². The van der Waals surface area contributed by atoms with Gasteiger partial charge in [0.1, 0.15) is 34.8 Å². The molecule has 0 aliphatic carbocycles.